The quantitative estimate of drug-likeness (QED) is 0.854. The molecule has 1 atom stereocenters. The van der Waals surface area contributed by atoms with E-state index in [0.29, 0.717) is 23.7 Å². The van der Waals surface area contributed by atoms with Crippen LogP contribution in [0.1, 0.15) is 19.3 Å². The van der Waals surface area contributed by atoms with Crippen molar-refractivity contribution in [2.24, 2.45) is 0 Å². The zero-order valence-electron chi connectivity index (χ0n) is 9.30. The minimum atomic E-state index is -0.436. The van der Waals surface area contributed by atoms with Gasteiger partial charge >= 0.3 is 0 Å². The Labute approximate surface area is 104 Å². The van der Waals surface area contributed by atoms with Gasteiger partial charge in [0.15, 0.2) is 0 Å². The van der Waals surface area contributed by atoms with Gasteiger partial charge in [-0.2, -0.15) is 0 Å². The molecule has 1 aromatic carbocycles. The predicted octanol–water partition coefficient (Wildman–Crippen LogP) is 2.56. The molecule has 1 fully saturated rings. The maximum Gasteiger partial charge on any atom is 0.242 e. The highest BCUT2D eigenvalue weighted by Crippen LogP contribution is 2.21. The number of anilines is 1. The number of halogens is 2. The second-order valence-corrected chi connectivity index (χ2v) is 4.54. The van der Waals surface area contributed by atoms with Crippen LogP contribution < -0.4 is 10.6 Å². The van der Waals surface area contributed by atoms with Crippen molar-refractivity contribution in [1.82, 2.24) is 5.32 Å². The third kappa shape index (κ3) is 3.09. The molecule has 0 aliphatic carbocycles. The zero-order valence-corrected chi connectivity index (χ0v) is 10.1. The van der Waals surface area contributed by atoms with Crippen LogP contribution in [0.5, 0.6) is 0 Å². The van der Waals surface area contributed by atoms with Gasteiger partial charge < -0.3 is 10.6 Å². The SMILES string of the molecule is O=C1NCCCCC1Nc1ccc(Cl)cc1F. The van der Waals surface area contributed by atoms with Crippen LogP contribution in [0.25, 0.3) is 0 Å². The number of hydrogen-bond acceptors (Lipinski definition) is 2. The average Bonchev–Trinajstić information content (AvgIpc) is 2.48. The maximum absolute atomic E-state index is 13.6. The summed E-state index contributed by atoms with van der Waals surface area (Å²) in [5.41, 5.74) is 0.316. The highest BCUT2D eigenvalue weighted by molar-refractivity contribution is 6.30. The van der Waals surface area contributed by atoms with Gasteiger partial charge in [0.25, 0.3) is 0 Å². The summed E-state index contributed by atoms with van der Waals surface area (Å²) in [5.74, 6) is -0.508. The molecule has 0 aromatic heterocycles. The van der Waals surface area contributed by atoms with E-state index in [1.165, 1.54) is 6.07 Å². The molecule has 2 N–H and O–H groups in total. The maximum atomic E-state index is 13.6. The first kappa shape index (κ1) is 12.2. The molecule has 0 radical (unpaired) electrons. The standard InChI is InChI=1S/C12H14ClFN2O/c13-8-4-5-10(9(14)7-8)16-11-3-1-2-6-15-12(11)17/h4-5,7,11,16H,1-3,6H2,(H,15,17). The lowest BCUT2D eigenvalue weighted by molar-refractivity contribution is -0.121. The third-order valence-corrected chi connectivity index (χ3v) is 3.03. The van der Waals surface area contributed by atoms with Crippen molar-refractivity contribution in [1.29, 1.82) is 0 Å². The molecule has 0 bridgehead atoms. The summed E-state index contributed by atoms with van der Waals surface area (Å²) in [5, 5.41) is 6.06. The van der Waals surface area contributed by atoms with Crippen LogP contribution in [-0.4, -0.2) is 18.5 Å². The van der Waals surface area contributed by atoms with E-state index in [-0.39, 0.29) is 11.9 Å². The van der Waals surface area contributed by atoms with Crippen LogP contribution in [0, 0.1) is 5.82 Å². The van der Waals surface area contributed by atoms with E-state index in [4.69, 9.17) is 11.6 Å². The number of rotatable bonds is 2. The molecule has 0 saturated carbocycles. The summed E-state index contributed by atoms with van der Waals surface area (Å²) < 4.78 is 13.6. The van der Waals surface area contributed by atoms with Crippen LogP contribution >= 0.6 is 11.6 Å². The van der Waals surface area contributed by atoms with Gasteiger partial charge in [-0.1, -0.05) is 11.6 Å². The Kier molecular flexibility index (Phi) is 3.84. The summed E-state index contributed by atoms with van der Waals surface area (Å²) in [4.78, 5) is 11.7. The molecule has 92 valence electrons. The molecule has 17 heavy (non-hydrogen) atoms. The Morgan fingerprint density at radius 1 is 1.41 bits per heavy atom. The molecule has 3 nitrogen and oxygen atoms in total. The number of amides is 1. The van der Waals surface area contributed by atoms with Crippen molar-refractivity contribution in [2.75, 3.05) is 11.9 Å². The summed E-state index contributed by atoms with van der Waals surface area (Å²) in [6.45, 7) is 0.695. The van der Waals surface area contributed by atoms with Crippen LogP contribution in [0.2, 0.25) is 5.02 Å². The summed E-state index contributed by atoms with van der Waals surface area (Å²) >= 11 is 5.67. The van der Waals surface area contributed by atoms with Crippen molar-refractivity contribution < 1.29 is 9.18 Å². The van der Waals surface area contributed by atoms with Gasteiger partial charge in [0, 0.05) is 11.6 Å². The molecule has 0 spiro atoms. The molecular weight excluding hydrogens is 243 g/mol. The van der Waals surface area contributed by atoms with Gasteiger partial charge in [-0.05, 0) is 37.5 Å². The Hall–Kier alpha value is -1.29. The number of carbonyl (C=O) groups excluding carboxylic acids is 1. The number of carbonyl (C=O) groups is 1. The number of nitrogens with one attached hydrogen (secondary N) is 2. The zero-order chi connectivity index (χ0) is 12.3. The van der Waals surface area contributed by atoms with E-state index in [1.54, 1.807) is 12.1 Å². The largest absolute Gasteiger partial charge is 0.371 e. The molecule has 1 amide bonds. The minimum absolute atomic E-state index is 0.0724. The second-order valence-electron chi connectivity index (χ2n) is 4.11. The van der Waals surface area contributed by atoms with Crippen LogP contribution in [0.3, 0.4) is 0 Å². The molecule has 2 rings (SSSR count). The highest BCUT2D eigenvalue weighted by atomic mass is 35.5. The smallest absolute Gasteiger partial charge is 0.242 e. The number of hydrogen-bond donors (Lipinski definition) is 2. The Balaban J connectivity index is 2.10. The van der Waals surface area contributed by atoms with Crippen molar-refractivity contribution in [3.05, 3.63) is 29.0 Å². The molecule has 1 aliphatic heterocycles. The minimum Gasteiger partial charge on any atom is -0.371 e. The predicted molar refractivity (Wildman–Crippen MR) is 65.7 cm³/mol. The topological polar surface area (TPSA) is 41.1 Å². The van der Waals surface area contributed by atoms with Gasteiger partial charge in [-0.25, -0.2) is 4.39 Å². The Morgan fingerprint density at radius 3 is 3.00 bits per heavy atom. The molecule has 1 aromatic rings. The molecule has 1 saturated heterocycles. The van der Waals surface area contributed by atoms with E-state index >= 15 is 0 Å². The Bertz CT molecular complexity index is 425. The normalized spacial score (nSPS) is 20.6. The van der Waals surface area contributed by atoms with Crippen LogP contribution in [0.15, 0.2) is 18.2 Å². The fraction of sp³-hybridized carbons (Fsp3) is 0.417. The van der Waals surface area contributed by atoms with E-state index < -0.39 is 5.82 Å². The van der Waals surface area contributed by atoms with Gasteiger partial charge in [0.05, 0.1) is 5.69 Å². The lowest BCUT2D eigenvalue weighted by Gasteiger charge is -2.17. The monoisotopic (exact) mass is 256 g/mol. The van der Waals surface area contributed by atoms with Gasteiger partial charge in [0.1, 0.15) is 11.9 Å². The van der Waals surface area contributed by atoms with Crippen molar-refractivity contribution >= 4 is 23.2 Å². The molecule has 1 aliphatic rings. The van der Waals surface area contributed by atoms with E-state index in [9.17, 15) is 9.18 Å². The Morgan fingerprint density at radius 2 is 2.24 bits per heavy atom. The molecule has 5 heteroatoms. The lowest BCUT2D eigenvalue weighted by Crippen LogP contribution is -2.38. The highest BCUT2D eigenvalue weighted by Gasteiger charge is 2.21. The number of benzene rings is 1. The fourth-order valence-electron chi connectivity index (χ4n) is 1.87. The first-order valence-corrected chi connectivity index (χ1v) is 6.04. The molecule has 1 unspecified atom stereocenters. The fourth-order valence-corrected chi connectivity index (χ4v) is 2.03. The van der Waals surface area contributed by atoms with E-state index in [1.807, 2.05) is 0 Å². The average molecular weight is 257 g/mol. The molecule has 1 heterocycles. The van der Waals surface area contributed by atoms with Crippen molar-refractivity contribution in [3.63, 3.8) is 0 Å². The van der Waals surface area contributed by atoms with Gasteiger partial charge in [-0.3, -0.25) is 4.79 Å². The first-order chi connectivity index (χ1) is 8.16. The molecular formula is C12H14ClFN2O. The summed E-state index contributed by atoms with van der Waals surface area (Å²) in [6.07, 6.45) is 2.63. The first-order valence-electron chi connectivity index (χ1n) is 5.66. The van der Waals surface area contributed by atoms with Crippen LogP contribution in [-0.2, 0) is 4.79 Å². The van der Waals surface area contributed by atoms with Crippen LogP contribution in [0.4, 0.5) is 10.1 Å². The second kappa shape index (κ2) is 5.36. The third-order valence-electron chi connectivity index (χ3n) is 2.80. The van der Waals surface area contributed by atoms with Gasteiger partial charge in [-0.15, -0.1) is 0 Å². The summed E-state index contributed by atoms with van der Waals surface area (Å²) in [6, 6.07) is 4.02. The van der Waals surface area contributed by atoms with E-state index in [0.717, 1.165) is 12.8 Å². The summed E-state index contributed by atoms with van der Waals surface area (Å²) in [7, 11) is 0. The van der Waals surface area contributed by atoms with Crippen molar-refractivity contribution in [3.8, 4) is 0 Å². The van der Waals surface area contributed by atoms with Crippen molar-refractivity contribution in [2.45, 2.75) is 25.3 Å². The lowest BCUT2D eigenvalue weighted by atomic mass is 10.1. The van der Waals surface area contributed by atoms with E-state index in [2.05, 4.69) is 10.6 Å². The van der Waals surface area contributed by atoms with Gasteiger partial charge in [0.2, 0.25) is 5.91 Å².